The average Bonchev–Trinajstić information content (AvgIpc) is 3.91. The normalized spacial score (nSPS) is 11.8. The molecule has 53 heavy (non-hydrogen) atoms. The van der Waals surface area contributed by atoms with Crippen molar-refractivity contribution in [2.24, 2.45) is 0 Å². The Morgan fingerprint density at radius 1 is 0.340 bits per heavy atom. The molecule has 0 fully saturated rings. The van der Waals surface area contributed by atoms with Crippen molar-refractivity contribution in [1.29, 1.82) is 0 Å². The Morgan fingerprint density at radius 3 is 1.30 bits per heavy atom. The Morgan fingerprint density at radius 2 is 0.774 bits per heavy atom. The van der Waals surface area contributed by atoms with Crippen molar-refractivity contribution in [1.82, 2.24) is 14.1 Å². The number of aromatic nitrogens is 3. The van der Waals surface area contributed by atoms with E-state index in [9.17, 15) is 0 Å². The summed E-state index contributed by atoms with van der Waals surface area (Å²) in [6.45, 7) is 0. The van der Waals surface area contributed by atoms with E-state index in [0.29, 0.717) is 5.89 Å². The van der Waals surface area contributed by atoms with E-state index in [-0.39, 0.29) is 0 Å². The van der Waals surface area contributed by atoms with E-state index in [1.807, 2.05) is 6.07 Å². The molecule has 8 aromatic carbocycles. The van der Waals surface area contributed by atoms with Crippen molar-refractivity contribution in [2.45, 2.75) is 0 Å². The summed E-state index contributed by atoms with van der Waals surface area (Å²) < 4.78 is 11.3. The van der Waals surface area contributed by atoms with Crippen LogP contribution in [0.15, 0.2) is 192 Å². The maximum Gasteiger partial charge on any atom is 0.227 e. The molecule has 4 heteroatoms. The highest BCUT2D eigenvalue weighted by Crippen LogP contribution is 2.38. The van der Waals surface area contributed by atoms with Gasteiger partial charge in [0.25, 0.3) is 0 Å². The van der Waals surface area contributed by atoms with Gasteiger partial charge in [-0.25, -0.2) is 4.98 Å². The van der Waals surface area contributed by atoms with Crippen molar-refractivity contribution in [2.75, 3.05) is 0 Å². The summed E-state index contributed by atoms with van der Waals surface area (Å²) in [6, 6.07) is 66.9. The Bertz CT molecular complexity index is 2920. The largest absolute Gasteiger partial charge is 0.436 e. The molecule has 0 atom stereocenters. The molecule has 4 nitrogen and oxygen atoms in total. The lowest BCUT2D eigenvalue weighted by molar-refractivity contribution is 0.620. The van der Waals surface area contributed by atoms with Gasteiger partial charge in [0.15, 0.2) is 5.58 Å². The molecule has 0 spiro atoms. The zero-order valence-electron chi connectivity index (χ0n) is 28.6. The van der Waals surface area contributed by atoms with Gasteiger partial charge in [-0.05, 0) is 89.0 Å². The number of fused-ring (bicyclic) bond motifs is 7. The lowest BCUT2D eigenvalue weighted by atomic mass is 10.0. The first-order chi connectivity index (χ1) is 26.3. The van der Waals surface area contributed by atoms with Gasteiger partial charge in [-0.2, -0.15) is 0 Å². The van der Waals surface area contributed by atoms with E-state index in [1.165, 1.54) is 49.2 Å². The molecule has 0 unspecified atom stereocenters. The van der Waals surface area contributed by atoms with Crippen LogP contribution < -0.4 is 0 Å². The molecule has 0 bridgehead atoms. The smallest absolute Gasteiger partial charge is 0.227 e. The van der Waals surface area contributed by atoms with Crippen LogP contribution in [0, 0.1) is 0 Å². The summed E-state index contributed by atoms with van der Waals surface area (Å²) in [7, 11) is 0. The third-order valence-electron chi connectivity index (χ3n) is 10.5. The first kappa shape index (κ1) is 29.5. The Labute approximate surface area is 305 Å². The molecule has 3 heterocycles. The van der Waals surface area contributed by atoms with Crippen molar-refractivity contribution in [3.05, 3.63) is 188 Å². The van der Waals surface area contributed by atoms with Gasteiger partial charge in [-0.3, -0.25) is 0 Å². The molecule has 0 saturated heterocycles. The topological polar surface area (TPSA) is 35.9 Å². The summed E-state index contributed by atoms with van der Waals surface area (Å²) >= 11 is 0. The van der Waals surface area contributed by atoms with Gasteiger partial charge in [-0.15, -0.1) is 0 Å². The number of nitrogens with zero attached hydrogens (tertiary/aromatic N) is 3. The summed E-state index contributed by atoms with van der Waals surface area (Å²) in [4.78, 5) is 4.90. The van der Waals surface area contributed by atoms with Crippen molar-refractivity contribution < 1.29 is 4.42 Å². The lowest BCUT2D eigenvalue weighted by Crippen LogP contribution is -2.00. The second-order valence-electron chi connectivity index (χ2n) is 13.6. The maximum absolute atomic E-state index is 6.48. The predicted octanol–water partition coefficient (Wildman–Crippen LogP) is 13.0. The van der Waals surface area contributed by atoms with Crippen LogP contribution in [0.5, 0.6) is 0 Å². The second kappa shape index (κ2) is 11.7. The fourth-order valence-electron chi connectivity index (χ4n) is 8.08. The fraction of sp³-hybridized carbons (Fsp3) is 0. The number of hydrogen-bond donors (Lipinski definition) is 0. The predicted molar refractivity (Wildman–Crippen MR) is 219 cm³/mol. The van der Waals surface area contributed by atoms with Crippen molar-refractivity contribution in [3.63, 3.8) is 0 Å². The van der Waals surface area contributed by atoms with Crippen LogP contribution in [0.4, 0.5) is 0 Å². The van der Waals surface area contributed by atoms with E-state index in [4.69, 9.17) is 9.40 Å². The highest BCUT2D eigenvalue weighted by molar-refractivity contribution is 6.10. The van der Waals surface area contributed by atoms with Crippen LogP contribution in [-0.4, -0.2) is 14.1 Å². The van der Waals surface area contributed by atoms with E-state index in [1.54, 1.807) is 0 Å². The number of rotatable bonds is 5. The summed E-state index contributed by atoms with van der Waals surface area (Å²) in [5.41, 5.74) is 13.9. The molecular weight excluding hydrogens is 647 g/mol. The van der Waals surface area contributed by atoms with Gasteiger partial charge in [0.1, 0.15) is 5.52 Å². The van der Waals surface area contributed by atoms with Crippen LogP contribution in [0.3, 0.4) is 0 Å². The molecule has 0 saturated carbocycles. The van der Waals surface area contributed by atoms with E-state index >= 15 is 0 Å². The van der Waals surface area contributed by atoms with Crippen LogP contribution in [-0.2, 0) is 0 Å². The van der Waals surface area contributed by atoms with Gasteiger partial charge in [-0.1, -0.05) is 121 Å². The zero-order chi connectivity index (χ0) is 34.9. The van der Waals surface area contributed by atoms with Crippen molar-refractivity contribution >= 4 is 54.7 Å². The summed E-state index contributed by atoms with van der Waals surface area (Å²) in [5.74, 6) is 0.613. The number of benzene rings is 8. The minimum absolute atomic E-state index is 0.613. The molecular formula is C49H31N3O. The van der Waals surface area contributed by atoms with Crippen LogP contribution in [0.1, 0.15) is 0 Å². The zero-order valence-corrected chi connectivity index (χ0v) is 28.6. The van der Waals surface area contributed by atoms with E-state index < -0.39 is 0 Å². The molecule has 248 valence electrons. The van der Waals surface area contributed by atoms with Gasteiger partial charge < -0.3 is 13.6 Å². The molecule has 11 aromatic rings. The van der Waals surface area contributed by atoms with Crippen LogP contribution in [0.2, 0.25) is 0 Å². The average molecular weight is 678 g/mol. The second-order valence-corrected chi connectivity index (χ2v) is 13.6. The van der Waals surface area contributed by atoms with Gasteiger partial charge in [0.05, 0.1) is 22.1 Å². The SMILES string of the molecule is c1ccc(-c2ccc(-c3nc4ccc(-c5cc(-n6c7ccccc7c7ccccc76)cc(-n6c7ccccc7c7ccccc76)c5)cc4o3)cc2)cc1. The quantitative estimate of drug-likeness (QED) is 0.182. The van der Waals surface area contributed by atoms with Gasteiger partial charge >= 0.3 is 0 Å². The van der Waals surface area contributed by atoms with E-state index in [2.05, 4.69) is 191 Å². The van der Waals surface area contributed by atoms with E-state index in [0.717, 1.165) is 44.7 Å². The van der Waals surface area contributed by atoms with Crippen molar-refractivity contribution in [3.8, 4) is 45.1 Å². The molecule has 3 aromatic heterocycles. The molecule has 0 N–H and O–H groups in total. The van der Waals surface area contributed by atoms with Gasteiger partial charge in [0.2, 0.25) is 5.89 Å². The fourth-order valence-corrected chi connectivity index (χ4v) is 8.08. The highest BCUT2D eigenvalue weighted by Gasteiger charge is 2.18. The minimum atomic E-state index is 0.613. The Kier molecular flexibility index (Phi) is 6.52. The monoisotopic (exact) mass is 677 g/mol. The summed E-state index contributed by atoms with van der Waals surface area (Å²) in [6.07, 6.45) is 0. The molecule has 0 amide bonds. The first-order valence-electron chi connectivity index (χ1n) is 18.0. The molecule has 0 radical (unpaired) electrons. The molecule has 11 rings (SSSR count). The van der Waals surface area contributed by atoms with Crippen LogP contribution in [0.25, 0.3) is 99.8 Å². The Balaban J connectivity index is 1.11. The third-order valence-corrected chi connectivity index (χ3v) is 10.5. The molecule has 0 aliphatic carbocycles. The lowest BCUT2D eigenvalue weighted by Gasteiger charge is -2.16. The Hall–Kier alpha value is -7.17. The molecule has 0 aliphatic heterocycles. The first-order valence-corrected chi connectivity index (χ1v) is 18.0. The minimum Gasteiger partial charge on any atom is -0.436 e. The summed E-state index contributed by atoms with van der Waals surface area (Å²) in [5, 5.41) is 4.94. The highest BCUT2D eigenvalue weighted by atomic mass is 16.3. The number of hydrogen-bond acceptors (Lipinski definition) is 2. The number of para-hydroxylation sites is 4. The maximum atomic E-state index is 6.48. The standard InChI is InChI=1S/C49H31N3O/c1-2-12-32(13-3-1)33-22-24-34(25-23-33)49-50-43-27-26-35(30-48(43)53-49)36-28-37(51-44-18-8-4-14-39(44)40-15-5-9-19-45(40)51)31-38(29-36)52-46-20-10-6-16-41(46)42-17-7-11-21-47(42)52/h1-31H. The van der Waals surface area contributed by atoms with Gasteiger partial charge in [0, 0.05) is 38.5 Å². The van der Waals surface area contributed by atoms with Crippen LogP contribution >= 0.6 is 0 Å². The third kappa shape index (κ3) is 4.73. The molecule has 0 aliphatic rings. The number of oxazole rings is 1.